The zero-order valence-electron chi connectivity index (χ0n) is 21.0. The summed E-state index contributed by atoms with van der Waals surface area (Å²) < 4.78 is 26.5. The molecule has 3 rings (SSSR count). The highest BCUT2D eigenvalue weighted by Crippen LogP contribution is 2.22. The van der Waals surface area contributed by atoms with Crippen LogP contribution in [0.2, 0.25) is 0 Å². The third kappa shape index (κ3) is 7.38. The van der Waals surface area contributed by atoms with Crippen LogP contribution in [0.4, 0.5) is 0 Å². The molecule has 0 atom stereocenters. The Morgan fingerprint density at radius 2 is 1.80 bits per heavy atom. The van der Waals surface area contributed by atoms with Crippen molar-refractivity contribution in [3.63, 3.8) is 0 Å². The Morgan fingerprint density at radius 1 is 1.09 bits per heavy atom. The van der Waals surface area contributed by atoms with Crippen LogP contribution in [0.25, 0.3) is 0 Å². The molecule has 1 aromatic heterocycles. The van der Waals surface area contributed by atoms with Crippen LogP contribution >= 0.6 is 11.3 Å². The molecule has 0 N–H and O–H groups in total. The summed E-state index contributed by atoms with van der Waals surface area (Å²) >= 11 is 1.59. The summed E-state index contributed by atoms with van der Waals surface area (Å²) in [6.07, 6.45) is 2.42. The molecule has 2 aromatic rings. The van der Waals surface area contributed by atoms with Gasteiger partial charge in [-0.15, -0.1) is 11.3 Å². The molecule has 192 valence electrons. The SMILES string of the molecule is CCCN(CC(=O)N(Cc1ccccc1C)C1CCN(C(=O)Cc2cccs2)CC1)S(=O)(=O)CC. The van der Waals surface area contributed by atoms with Crippen LogP contribution in [0.5, 0.6) is 0 Å². The van der Waals surface area contributed by atoms with Gasteiger partial charge in [0.15, 0.2) is 0 Å². The summed E-state index contributed by atoms with van der Waals surface area (Å²) in [4.78, 5) is 31.1. The fourth-order valence-corrected chi connectivity index (χ4v) is 6.31. The van der Waals surface area contributed by atoms with E-state index in [1.165, 1.54) is 4.31 Å². The lowest BCUT2D eigenvalue weighted by atomic mass is 10.0. The smallest absolute Gasteiger partial charge is 0.238 e. The van der Waals surface area contributed by atoms with E-state index in [2.05, 4.69) is 0 Å². The van der Waals surface area contributed by atoms with Gasteiger partial charge in [-0.25, -0.2) is 8.42 Å². The molecular formula is C26H37N3O4S2. The van der Waals surface area contributed by atoms with Crippen molar-refractivity contribution in [3.05, 3.63) is 57.8 Å². The third-order valence-electron chi connectivity index (χ3n) is 6.63. The van der Waals surface area contributed by atoms with Gasteiger partial charge in [0.2, 0.25) is 21.8 Å². The van der Waals surface area contributed by atoms with E-state index in [-0.39, 0.29) is 30.2 Å². The second-order valence-corrected chi connectivity index (χ2v) is 12.3. The van der Waals surface area contributed by atoms with Crippen molar-refractivity contribution in [1.82, 2.24) is 14.1 Å². The number of sulfonamides is 1. The number of benzene rings is 1. The summed E-state index contributed by atoms with van der Waals surface area (Å²) in [6.45, 7) is 7.35. The number of carbonyl (C=O) groups is 2. The molecule has 2 amide bonds. The number of amides is 2. The molecule has 1 fully saturated rings. The molecule has 35 heavy (non-hydrogen) atoms. The second kappa shape index (κ2) is 12.6. The molecule has 0 spiro atoms. The molecule has 0 bridgehead atoms. The van der Waals surface area contributed by atoms with Crippen molar-refractivity contribution >= 4 is 33.2 Å². The molecule has 0 radical (unpaired) electrons. The number of nitrogens with zero attached hydrogens (tertiary/aromatic N) is 3. The highest BCUT2D eigenvalue weighted by atomic mass is 32.2. The molecular weight excluding hydrogens is 482 g/mol. The summed E-state index contributed by atoms with van der Waals surface area (Å²) in [7, 11) is -3.47. The average Bonchev–Trinajstić information content (AvgIpc) is 3.36. The highest BCUT2D eigenvalue weighted by molar-refractivity contribution is 7.89. The zero-order chi connectivity index (χ0) is 25.4. The van der Waals surface area contributed by atoms with Crippen LogP contribution in [0.15, 0.2) is 41.8 Å². The van der Waals surface area contributed by atoms with Crippen molar-refractivity contribution in [2.45, 2.75) is 59.0 Å². The fraction of sp³-hybridized carbons (Fsp3) is 0.538. The first-order chi connectivity index (χ1) is 16.7. The molecule has 0 aliphatic carbocycles. The standard InChI is InChI=1S/C26H37N3O4S2/c1-4-14-28(35(32,33)5-2)20-26(31)29(19-22-10-7-6-9-21(22)3)23-12-15-27(16-13-23)25(30)18-24-11-8-17-34-24/h6-11,17,23H,4-5,12-16,18-20H2,1-3H3. The maximum atomic E-state index is 13.6. The third-order valence-corrected chi connectivity index (χ3v) is 9.33. The first-order valence-corrected chi connectivity index (χ1v) is 14.9. The lowest BCUT2D eigenvalue weighted by Crippen LogP contribution is -2.51. The van der Waals surface area contributed by atoms with Gasteiger partial charge in [0.1, 0.15) is 0 Å². The Labute approximate surface area is 213 Å². The Morgan fingerprint density at radius 3 is 2.40 bits per heavy atom. The van der Waals surface area contributed by atoms with E-state index < -0.39 is 10.0 Å². The molecule has 1 aliphatic rings. The first kappa shape index (κ1) is 27.4. The molecule has 9 heteroatoms. The molecule has 1 aliphatic heterocycles. The van der Waals surface area contributed by atoms with Gasteiger partial charge in [-0.1, -0.05) is 37.3 Å². The van der Waals surface area contributed by atoms with Crippen LogP contribution < -0.4 is 0 Å². The van der Waals surface area contributed by atoms with E-state index in [1.54, 1.807) is 18.3 Å². The van der Waals surface area contributed by atoms with E-state index in [1.807, 2.05) is 65.4 Å². The Hall–Kier alpha value is -2.23. The minimum absolute atomic E-state index is 0.0250. The van der Waals surface area contributed by atoms with Gasteiger partial charge in [0.05, 0.1) is 18.7 Å². The number of rotatable bonds is 11. The molecule has 7 nitrogen and oxygen atoms in total. The van der Waals surface area contributed by atoms with Gasteiger partial charge in [-0.3, -0.25) is 9.59 Å². The number of hydrogen-bond acceptors (Lipinski definition) is 5. The molecule has 2 heterocycles. The minimum Gasteiger partial charge on any atom is -0.342 e. The lowest BCUT2D eigenvalue weighted by Gasteiger charge is -2.39. The van der Waals surface area contributed by atoms with Crippen molar-refractivity contribution in [3.8, 4) is 0 Å². The monoisotopic (exact) mass is 519 g/mol. The number of piperidine rings is 1. The van der Waals surface area contributed by atoms with Gasteiger partial charge in [-0.2, -0.15) is 4.31 Å². The van der Waals surface area contributed by atoms with Gasteiger partial charge in [0.25, 0.3) is 0 Å². The van der Waals surface area contributed by atoms with Crippen molar-refractivity contribution < 1.29 is 18.0 Å². The van der Waals surface area contributed by atoms with E-state index in [0.29, 0.717) is 51.9 Å². The van der Waals surface area contributed by atoms with Crippen molar-refractivity contribution in [2.24, 2.45) is 0 Å². The highest BCUT2D eigenvalue weighted by Gasteiger charge is 2.32. The Bertz CT molecular complexity index is 1080. The maximum Gasteiger partial charge on any atom is 0.238 e. The van der Waals surface area contributed by atoms with Gasteiger partial charge >= 0.3 is 0 Å². The molecule has 0 unspecified atom stereocenters. The number of thiophene rings is 1. The van der Waals surface area contributed by atoms with Crippen LogP contribution in [-0.2, 0) is 32.6 Å². The van der Waals surface area contributed by atoms with Crippen LogP contribution in [0, 0.1) is 6.92 Å². The molecule has 1 saturated heterocycles. The maximum absolute atomic E-state index is 13.6. The topological polar surface area (TPSA) is 78.0 Å². The van der Waals surface area contributed by atoms with Gasteiger partial charge in [0, 0.05) is 37.1 Å². The van der Waals surface area contributed by atoms with E-state index in [0.717, 1.165) is 16.0 Å². The molecule has 1 aromatic carbocycles. The van der Waals surface area contributed by atoms with E-state index >= 15 is 0 Å². The summed E-state index contributed by atoms with van der Waals surface area (Å²) in [5.74, 6) is -0.0871. The second-order valence-electron chi connectivity index (χ2n) is 9.05. The van der Waals surface area contributed by atoms with Crippen molar-refractivity contribution in [2.75, 3.05) is 31.9 Å². The molecule has 0 saturated carbocycles. The van der Waals surface area contributed by atoms with Crippen LogP contribution in [-0.4, -0.2) is 72.3 Å². The number of hydrogen-bond donors (Lipinski definition) is 0. The summed E-state index contributed by atoms with van der Waals surface area (Å²) in [6, 6.07) is 11.9. The normalized spacial score (nSPS) is 14.9. The lowest BCUT2D eigenvalue weighted by molar-refractivity contribution is -0.137. The minimum atomic E-state index is -3.47. The Kier molecular flexibility index (Phi) is 9.89. The largest absolute Gasteiger partial charge is 0.342 e. The average molecular weight is 520 g/mol. The zero-order valence-corrected chi connectivity index (χ0v) is 22.6. The summed E-state index contributed by atoms with van der Waals surface area (Å²) in [5, 5.41) is 1.98. The fourth-order valence-electron chi connectivity index (χ4n) is 4.48. The van der Waals surface area contributed by atoms with E-state index in [4.69, 9.17) is 0 Å². The number of carbonyl (C=O) groups excluding carboxylic acids is 2. The summed E-state index contributed by atoms with van der Waals surface area (Å²) in [5.41, 5.74) is 2.15. The number of likely N-dealkylation sites (tertiary alicyclic amines) is 1. The predicted octanol–water partition coefficient (Wildman–Crippen LogP) is 3.68. The quantitative estimate of drug-likeness (QED) is 0.454. The number of aryl methyl sites for hydroxylation is 1. The van der Waals surface area contributed by atoms with Gasteiger partial charge in [-0.05, 0) is 55.7 Å². The van der Waals surface area contributed by atoms with Crippen LogP contribution in [0.1, 0.15) is 49.1 Å². The first-order valence-electron chi connectivity index (χ1n) is 12.4. The van der Waals surface area contributed by atoms with Crippen LogP contribution in [0.3, 0.4) is 0 Å². The predicted molar refractivity (Wildman–Crippen MR) is 141 cm³/mol. The van der Waals surface area contributed by atoms with Gasteiger partial charge < -0.3 is 9.80 Å². The van der Waals surface area contributed by atoms with Crippen molar-refractivity contribution in [1.29, 1.82) is 0 Å². The Balaban J connectivity index is 1.74. The van der Waals surface area contributed by atoms with E-state index in [9.17, 15) is 18.0 Å².